The average Bonchev–Trinajstić information content (AvgIpc) is 3.12. The fraction of sp³-hybridized carbons (Fsp3) is 0.267. The summed E-state index contributed by atoms with van der Waals surface area (Å²) in [5, 5.41) is 0.937. The Kier molecular flexibility index (Phi) is 3.80. The lowest BCUT2D eigenvalue weighted by molar-refractivity contribution is 0.473. The number of hydrogen-bond acceptors (Lipinski definition) is 4. The van der Waals surface area contributed by atoms with Crippen LogP contribution in [0.5, 0.6) is 0 Å². The van der Waals surface area contributed by atoms with E-state index in [9.17, 15) is 0 Å². The smallest absolute Gasteiger partial charge is 0.167 e. The van der Waals surface area contributed by atoms with E-state index in [0.29, 0.717) is 0 Å². The molecule has 4 nitrogen and oxygen atoms in total. The summed E-state index contributed by atoms with van der Waals surface area (Å²) in [5.41, 5.74) is 8.24. The summed E-state index contributed by atoms with van der Waals surface area (Å²) >= 11 is 1.62. The molecule has 2 atom stereocenters. The number of nitrogens with two attached hydrogens (primary N) is 1. The van der Waals surface area contributed by atoms with Gasteiger partial charge in [-0.15, -0.1) is 0 Å². The monoisotopic (exact) mass is 287 g/mol. The molecule has 0 spiro atoms. The summed E-state index contributed by atoms with van der Waals surface area (Å²) in [6.45, 7) is 2.08. The van der Waals surface area contributed by atoms with Crippen molar-refractivity contribution in [2.45, 2.75) is 29.8 Å². The molecule has 0 aliphatic carbocycles. The molecule has 0 radical (unpaired) electrons. The minimum absolute atomic E-state index is 0.0272. The number of rotatable bonds is 5. The lowest BCUT2D eigenvalue weighted by atomic mass is 10.1. The molecule has 0 bridgehead atoms. The molecule has 0 saturated heterocycles. The number of aromatic nitrogens is 2. The van der Waals surface area contributed by atoms with E-state index >= 15 is 0 Å². The predicted octanol–water partition coefficient (Wildman–Crippen LogP) is 3.73. The maximum Gasteiger partial charge on any atom is 0.167 e. The van der Waals surface area contributed by atoms with E-state index in [1.165, 1.54) is 0 Å². The first-order valence-electron chi connectivity index (χ1n) is 6.68. The Labute approximate surface area is 121 Å². The molecule has 0 amide bonds. The van der Waals surface area contributed by atoms with Gasteiger partial charge in [0.15, 0.2) is 5.16 Å². The molecule has 0 aliphatic rings. The van der Waals surface area contributed by atoms with E-state index in [4.69, 9.17) is 10.2 Å². The standard InChI is InChI=1S/C15H17N3OS/c1-2-10(16)14(13-8-5-9-19-13)20-15-17-11-6-3-4-7-12(11)18-15/h3-10,14H,2,16H2,1H3,(H,17,18). The van der Waals surface area contributed by atoms with Gasteiger partial charge >= 0.3 is 0 Å². The fourth-order valence-corrected chi connectivity index (χ4v) is 3.31. The van der Waals surface area contributed by atoms with Gasteiger partial charge in [0.05, 0.1) is 22.5 Å². The molecule has 0 saturated carbocycles. The minimum Gasteiger partial charge on any atom is -0.468 e. The highest BCUT2D eigenvalue weighted by atomic mass is 32.2. The highest BCUT2D eigenvalue weighted by Crippen LogP contribution is 2.37. The lowest BCUT2D eigenvalue weighted by Crippen LogP contribution is -2.25. The lowest BCUT2D eigenvalue weighted by Gasteiger charge is -2.18. The summed E-state index contributed by atoms with van der Waals surface area (Å²) in [6, 6.07) is 11.9. The van der Waals surface area contributed by atoms with Crippen molar-refractivity contribution in [2.75, 3.05) is 0 Å². The van der Waals surface area contributed by atoms with Crippen LogP contribution in [0, 0.1) is 0 Å². The molecule has 3 rings (SSSR count). The number of thioether (sulfide) groups is 1. The van der Waals surface area contributed by atoms with Crippen molar-refractivity contribution < 1.29 is 4.42 Å². The van der Waals surface area contributed by atoms with Crippen molar-refractivity contribution in [3.63, 3.8) is 0 Å². The van der Waals surface area contributed by atoms with Crippen molar-refractivity contribution in [1.82, 2.24) is 9.97 Å². The molecule has 20 heavy (non-hydrogen) atoms. The van der Waals surface area contributed by atoms with Crippen LogP contribution in [-0.2, 0) is 0 Å². The highest BCUT2D eigenvalue weighted by molar-refractivity contribution is 7.99. The predicted molar refractivity (Wildman–Crippen MR) is 81.7 cm³/mol. The van der Waals surface area contributed by atoms with Crippen LogP contribution >= 0.6 is 11.8 Å². The molecule has 0 aliphatic heterocycles. The van der Waals surface area contributed by atoms with Crippen molar-refractivity contribution in [1.29, 1.82) is 0 Å². The summed E-state index contributed by atoms with van der Waals surface area (Å²) in [7, 11) is 0. The molecule has 1 aromatic carbocycles. The number of nitrogens with zero attached hydrogens (tertiary/aromatic N) is 1. The molecule has 104 valence electrons. The number of hydrogen-bond donors (Lipinski definition) is 2. The average molecular weight is 287 g/mol. The zero-order valence-electron chi connectivity index (χ0n) is 11.2. The van der Waals surface area contributed by atoms with E-state index in [0.717, 1.165) is 28.4 Å². The molecule has 2 heterocycles. The number of aromatic amines is 1. The Balaban J connectivity index is 1.89. The second-order valence-electron chi connectivity index (χ2n) is 4.69. The van der Waals surface area contributed by atoms with Crippen LogP contribution in [0.4, 0.5) is 0 Å². The fourth-order valence-electron chi connectivity index (χ4n) is 2.13. The van der Waals surface area contributed by atoms with E-state index in [-0.39, 0.29) is 11.3 Å². The molecular weight excluding hydrogens is 270 g/mol. The van der Waals surface area contributed by atoms with E-state index in [1.54, 1.807) is 18.0 Å². The van der Waals surface area contributed by atoms with Gasteiger partial charge in [-0.25, -0.2) is 4.98 Å². The van der Waals surface area contributed by atoms with Gasteiger partial charge in [0, 0.05) is 6.04 Å². The van der Waals surface area contributed by atoms with Crippen LogP contribution in [0.25, 0.3) is 11.0 Å². The number of benzene rings is 1. The normalized spacial score (nSPS) is 14.5. The van der Waals surface area contributed by atoms with Crippen LogP contribution in [-0.4, -0.2) is 16.0 Å². The molecule has 2 aromatic heterocycles. The van der Waals surface area contributed by atoms with Gasteiger partial charge in [0.2, 0.25) is 0 Å². The zero-order chi connectivity index (χ0) is 13.9. The van der Waals surface area contributed by atoms with Crippen LogP contribution < -0.4 is 5.73 Å². The topological polar surface area (TPSA) is 67.8 Å². The van der Waals surface area contributed by atoms with Gasteiger partial charge < -0.3 is 15.1 Å². The van der Waals surface area contributed by atoms with Gasteiger partial charge in [0.25, 0.3) is 0 Å². The number of nitrogens with one attached hydrogen (secondary N) is 1. The molecule has 5 heteroatoms. The molecule has 0 fully saturated rings. The Morgan fingerprint density at radius 2 is 2.15 bits per heavy atom. The third-order valence-corrected chi connectivity index (χ3v) is 4.54. The molecular formula is C15H17N3OS. The number of imidazole rings is 1. The highest BCUT2D eigenvalue weighted by Gasteiger charge is 2.23. The SMILES string of the molecule is CCC(N)C(Sc1nc2ccccc2[nH]1)c1ccco1. The second-order valence-corrected chi connectivity index (χ2v) is 5.82. The molecule has 2 unspecified atom stereocenters. The first-order chi connectivity index (χ1) is 9.78. The minimum atomic E-state index is 0.0272. The maximum atomic E-state index is 6.23. The van der Waals surface area contributed by atoms with Crippen molar-refractivity contribution in [2.24, 2.45) is 5.73 Å². The third kappa shape index (κ3) is 2.59. The Bertz CT molecular complexity index is 644. The number of para-hydroxylation sites is 2. The summed E-state index contributed by atoms with van der Waals surface area (Å²) < 4.78 is 5.52. The van der Waals surface area contributed by atoms with Gasteiger partial charge in [-0.3, -0.25) is 0 Å². The first-order valence-corrected chi connectivity index (χ1v) is 7.56. The van der Waals surface area contributed by atoms with Crippen molar-refractivity contribution >= 4 is 22.8 Å². The number of H-pyrrole nitrogens is 1. The second kappa shape index (κ2) is 5.73. The number of fused-ring (bicyclic) bond motifs is 1. The van der Waals surface area contributed by atoms with Gasteiger partial charge in [0.1, 0.15) is 5.76 Å². The Morgan fingerprint density at radius 1 is 1.30 bits per heavy atom. The van der Waals surface area contributed by atoms with Crippen LogP contribution in [0.1, 0.15) is 24.4 Å². The van der Waals surface area contributed by atoms with Crippen molar-refractivity contribution in [3.05, 3.63) is 48.4 Å². The molecule has 3 N–H and O–H groups in total. The van der Waals surface area contributed by atoms with E-state index < -0.39 is 0 Å². The Hall–Kier alpha value is -1.72. The maximum absolute atomic E-state index is 6.23. The summed E-state index contributed by atoms with van der Waals surface area (Å²) in [5.74, 6) is 0.893. The van der Waals surface area contributed by atoms with Gasteiger partial charge in [-0.1, -0.05) is 30.8 Å². The van der Waals surface area contributed by atoms with Gasteiger partial charge in [-0.05, 0) is 30.7 Å². The van der Waals surface area contributed by atoms with Crippen LogP contribution in [0.15, 0.2) is 52.2 Å². The van der Waals surface area contributed by atoms with Gasteiger partial charge in [-0.2, -0.15) is 0 Å². The summed E-state index contributed by atoms with van der Waals surface area (Å²) in [4.78, 5) is 7.91. The van der Waals surface area contributed by atoms with Crippen LogP contribution in [0.2, 0.25) is 0 Å². The number of furan rings is 1. The summed E-state index contributed by atoms with van der Waals surface area (Å²) in [6.07, 6.45) is 2.57. The van der Waals surface area contributed by atoms with E-state index in [1.807, 2.05) is 36.4 Å². The third-order valence-electron chi connectivity index (χ3n) is 3.29. The first kappa shape index (κ1) is 13.3. The quantitative estimate of drug-likeness (QED) is 0.702. The van der Waals surface area contributed by atoms with E-state index in [2.05, 4.69) is 16.9 Å². The van der Waals surface area contributed by atoms with Crippen LogP contribution in [0.3, 0.4) is 0 Å². The Morgan fingerprint density at radius 3 is 2.85 bits per heavy atom. The van der Waals surface area contributed by atoms with Crippen molar-refractivity contribution in [3.8, 4) is 0 Å². The zero-order valence-corrected chi connectivity index (χ0v) is 12.1. The molecule has 3 aromatic rings. The largest absolute Gasteiger partial charge is 0.468 e.